The zero-order valence-electron chi connectivity index (χ0n) is 17.6. The second-order valence-electron chi connectivity index (χ2n) is 7.87. The molecule has 6 heteroatoms. The standard InChI is InChI=1S/C20H41N5O/c1-6-17(7-2)19(25-10-12-26-13-11-25)15-23-20(21-4)22-14-16(3)24(5)18-8-9-18/h16-19H,6-15H2,1-5H3,(H2,21,22,23). The summed E-state index contributed by atoms with van der Waals surface area (Å²) >= 11 is 0. The average Bonchev–Trinajstić information content (AvgIpc) is 3.52. The van der Waals surface area contributed by atoms with Crippen LogP contribution in [0.4, 0.5) is 0 Å². The predicted octanol–water partition coefficient (Wildman–Crippen LogP) is 1.77. The van der Waals surface area contributed by atoms with Crippen molar-refractivity contribution in [2.24, 2.45) is 10.9 Å². The lowest BCUT2D eigenvalue weighted by Gasteiger charge is -2.39. The van der Waals surface area contributed by atoms with E-state index in [1.807, 2.05) is 7.05 Å². The first-order chi connectivity index (χ1) is 12.6. The molecule has 2 fully saturated rings. The highest BCUT2D eigenvalue weighted by Gasteiger charge is 2.29. The molecule has 1 aliphatic carbocycles. The van der Waals surface area contributed by atoms with Crippen molar-refractivity contribution in [3.05, 3.63) is 0 Å². The molecular formula is C20H41N5O. The number of ether oxygens (including phenoxy) is 1. The van der Waals surface area contributed by atoms with Crippen molar-refractivity contribution in [1.82, 2.24) is 20.4 Å². The second kappa shape index (κ2) is 11.1. The minimum atomic E-state index is 0.523. The van der Waals surface area contributed by atoms with E-state index in [1.54, 1.807) is 0 Å². The summed E-state index contributed by atoms with van der Waals surface area (Å²) in [6, 6.07) is 1.86. The lowest BCUT2D eigenvalue weighted by Crippen LogP contribution is -2.54. The molecule has 0 radical (unpaired) electrons. The van der Waals surface area contributed by atoms with E-state index in [-0.39, 0.29) is 0 Å². The van der Waals surface area contributed by atoms with Gasteiger partial charge in [0.15, 0.2) is 5.96 Å². The van der Waals surface area contributed by atoms with Crippen LogP contribution < -0.4 is 10.6 Å². The summed E-state index contributed by atoms with van der Waals surface area (Å²) in [4.78, 5) is 9.53. The summed E-state index contributed by atoms with van der Waals surface area (Å²) < 4.78 is 5.55. The maximum absolute atomic E-state index is 5.55. The highest BCUT2D eigenvalue weighted by molar-refractivity contribution is 5.79. The van der Waals surface area contributed by atoms with Crippen molar-refractivity contribution < 1.29 is 4.74 Å². The molecule has 0 bridgehead atoms. The van der Waals surface area contributed by atoms with Crippen molar-refractivity contribution in [1.29, 1.82) is 0 Å². The minimum absolute atomic E-state index is 0.523. The van der Waals surface area contributed by atoms with Crippen LogP contribution in [0.3, 0.4) is 0 Å². The van der Waals surface area contributed by atoms with Gasteiger partial charge in [0.1, 0.15) is 0 Å². The molecule has 2 atom stereocenters. The molecule has 6 nitrogen and oxygen atoms in total. The maximum atomic E-state index is 5.55. The molecule has 0 spiro atoms. The van der Waals surface area contributed by atoms with E-state index in [9.17, 15) is 0 Å². The molecule has 0 aromatic heterocycles. The van der Waals surface area contributed by atoms with Gasteiger partial charge in [-0.05, 0) is 32.7 Å². The van der Waals surface area contributed by atoms with Gasteiger partial charge in [-0.1, -0.05) is 26.7 Å². The SMILES string of the molecule is CCC(CC)C(CNC(=NC)NCC(C)N(C)C1CC1)N1CCOCC1. The predicted molar refractivity (Wildman–Crippen MR) is 110 cm³/mol. The van der Waals surface area contributed by atoms with E-state index in [0.29, 0.717) is 18.0 Å². The molecular weight excluding hydrogens is 326 g/mol. The number of guanidine groups is 1. The summed E-state index contributed by atoms with van der Waals surface area (Å²) in [5, 5.41) is 7.11. The summed E-state index contributed by atoms with van der Waals surface area (Å²) in [5.74, 6) is 1.63. The molecule has 26 heavy (non-hydrogen) atoms. The fraction of sp³-hybridized carbons (Fsp3) is 0.950. The quantitative estimate of drug-likeness (QED) is 0.455. The van der Waals surface area contributed by atoms with Gasteiger partial charge in [0.05, 0.1) is 13.2 Å². The number of hydrogen-bond donors (Lipinski definition) is 2. The molecule has 2 unspecified atom stereocenters. The third-order valence-corrected chi connectivity index (χ3v) is 6.19. The van der Waals surface area contributed by atoms with Crippen LogP contribution in [-0.2, 0) is 4.74 Å². The number of nitrogens with one attached hydrogen (secondary N) is 2. The van der Waals surface area contributed by atoms with Crippen molar-refractivity contribution >= 4 is 5.96 Å². The fourth-order valence-corrected chi connectivity index (χ4v) is 3.99. The van der Waals surface area contributed by atoms with Gasteiger partial charge in [0, 0.05) is 51.4 Å². The number of hydrogen-bond acceptors (Lipinski definition) is 4. The Hall–Kier alpha value is -0.850. The number of morpholine rings is 1. The summed E-state index contributed by atoms with van der Waals surface area (Å²) in [6.07, 6.45) is 5.14. The summed E-state index contributed by atoms with van der Waals surface area (Å²) in [7, 11) is 4.10. The molecule has 0 amide bonds. The van der Waals surface area contributed by atoms with Gasteiger partial charge in [-0.3, -0.25) is 14.8 Å². The van der Waals surface area contributed by atoms with Gasteiger partial charge in [-0.2, -0.15) is 0 Å². The first-order valence-corrected chi connectivity index (χ1v) is 10.6. The van der Waals surface area contributed by atoms with Crippen LogP contribution in [0.1, 0.15) is 46.5 Å². The number of nitrogens with zero attached hydrogens (tertiary/aromatic N) is 3. The first-order valence-electron chi connectivity index (χ1n) is 10.6. The third kappa shape index (κ3) is 6.39. The largest absolute Gasteiger partial charge is 0.379 e. The zero-order chi connectivity index (χ0) is 18.9. The molecule has 1 heterocycles. The molecule has 2 N–H and O–H groups in total. The average molecular weight is 368 g/mol. The molecule has 0 aromatic carbocycles. The number of likely N-dealkylation sites (N-methyl/N-ethyl adjacent to an activating group) is 1. The van der Waals surface area contributed by atoms with Gasteiger partial charge < -0.3 is 15.4 Å². The highest BCUT2D eigenvalue weighted by Crippen LogP contribution is 2.26. The first kappa shape index (κ1) is 21.5. The Morgan fingerprint density at radius 2 is 1.77 bits per heavy atom. The van der Waals surface area contributed by atoms with Gasteiger partial charge in [-0.25, -0.2) is 0 Å². The number of rotatable bonds is 10. The minimum Gasteiger partial charge on any atom is -0.379 e. The van der Waals surface area contributed by atoms with Crippen molar-refractivity contribution in [3.63, 3.8) is 0 Å². The van der Waals surface area contributed by atoms with Crippen molar-refractivity contribution in [2.45, 2.75) is 64.6 Å². The van der Waals surface area contributed by atoms with Crippen LogP contribution in [0, 0.1) is 5.92 Å². The van der Waals surface area contributed by atoms with Crippen LogP contribution in [-0.4, -0.2) is 87.4 Å². The number of aliphatic imine (C=N–C) groups is 1. The topological polar surface area (TPSA) is 52.1 Å². The van der Waals surface area contributed by atoms with Gasteiger partial charge >= 0.3 is 0 Å². The monoisotopic (exact) mass is 367 g/mol. The van der Waals surface area contributed by atoms with Gasteiger partial charge in [0.25, 0.3) is 0 Å². The Morgan fingerprint density at radius 1 is 1.15 bits per heavy atom. The molecule has 1 aliphatic heterocycles. The van der Waals surface area contributed by atoms with Gasteiger partial charge in [0.2, 0.25) is 0 Å². The van der Waals surface area contributed by atoms with Crippen LogP contribution >= 0.6 is 0 Å². The van der Waals surface area contributed by atoms with E-state index in [0.717, 1.165) is 51.4 Å². The van der Waals surface area contributed by atoms with Crippen LogP contribution in [0.25, 0.3) is 0 Å². The molecule has 1 saturated carbocycles. The van der Waals surface area contributed by atoms with E-state index in [1.165, 1.54) is 25.7 Å². The van der Waals surface area contributed by atoms with Crippen molar-refractivity contribution in [3.8, 4) is 0 Å². The highest BCUT2D eigenvalue weighted by atomic mass is 16.5. The van der Waals surface area contributed by atoms with E-state index >= 15 is 0 Å². The van der Waals surface area contributed by atoms with E-state index in [4.69, 9.17) is 4.74 Å². The van der Waals surface area contributed by atoms with E-state index in [2.05, 4.69) is 53.2 Å². The zero-order valence-corrected chi connectivity index (χ0v) is 17.6. The third-order valence-electron chi connectivity index (χ3n) is 6.19. The summed E-state index contributed by atoms with van der Waals surface area (Å²) in [5.41, 5.74) is 0. The van der Waals surface area contributed by atoms with Gasteiger partial charge in [-0.15, -0.1) is 0 Å². The Labute approximate surface area is 160 Å². The normalized spacial score (nSPS) is 21.9. The van der Waals surface area contributed by atoms with E-state index < -0.39 is 0 Å². The Bertz CT molecular complexity index is 416. The van der Waals surface area contributed by atoms with Crippen LogP contribution in [0.5, 0.6) is 0 Å². The molecule has 0 aromatic rings. The Kier molecular flexibility index (Phi) is 9.16. The Morgan fingerprint density at radius 3 is 2.31 bits per heavy atom. The fourth-order valence-electron chi connectivity index (χ4n) is 3.99. The lowest BCUT2D eigenvalue weighted by atomic mass is 9.92. The smallest absolute Gasteiger partial charge is 0.191 e. The van der Waals surface area contributed by atoms with Crippen LogP contribution in [0.2, 0.25) is 0 Å². The molecule has 2 aliphatic rings. The summed E-state index contributed by atoms with van der Waals surface area (Å²) in [6.45, 7) is 12.6. The lowest BCUT2D eigenvalue weighted by molar-refractivity contribution is 0.00271. The Balaban J connectivity index is 1.83. The van der Waals surface area contributed by atoms with Crippen LogP contribution in [0.15, 0.2) is 4.99 Å². The molecule has 2 rings (SSSR count). The second-order valence-corrected chi connectivity index (χ2v) is 7.87. The molecule has 1 saturated heterocycles. The van der Waals surface area contributed by atoms with Crippen molar-refractivity contribution in [2.75, 3.05) is 53.5 Å². The molecule has 152 valence electrons. The maximum Gasteiger partial charge on any atom is 0.191 e.